The zero-order chi connectivity index (χ0) is 19.7. The van der Waals surface area contributed by atoms with E-state index in [0.29, 0.717) is 16.9 Å². The van der Waals surface area contributed by atoms with Gasteiger partial charge in [0.1, 0.15) is 11.6 Å². The van der Waals surface area contributed by atoms with Crippen LogP contribution in [0.3, 0.4) is 0 Å². The van der Waals surface area contributed by atoms with Crippen molar-refractivity contribution in [2.75, 3.05) is 5.75 Å². The monoisotopic (exact) mass is 397 g/mol. The van der Waals surface area contributed by atoms with Crippen molar-refractivity contribution >= 4 is 28.7 Å². The first-order valence-electron chi connectivity index (χ1n) is 8.74. The lowest BCUT2D eigenvalue weighted by molar-refractivity contribution is -0.119. The number of para-hydroxylation sites is 2. The Labute approximate surface area is 165 Å². The first-order chi connectivity index (χ1) is 13.5. The van der Waals surface area contributed by atoms with Gasteiger partial charge in [0, 0.05) is 7.05 Å². The van der Waals surface area contributed by atoms with E-state index >= 15 is 0 Å². The second-order valence-electron chi connectivity index (χ2n) is 6.36. The first kappa shape index (κ1) is 18.3. The summed E-state index contributed by atoms with van der Waals surface area (Å²) in [6, 6.07) is 9.42. The van der Waals surface area contributed by atoms with Crippen LogP contribution in [0.1, 0.15) is 24.6 Å². The molecule has 0 bridgehead atoms. The molecule has 0 radical (unpaired) electrons. The molecular weight excluding hydrogens is 378 g/mol. The number of fused-ring (bicyclic) bond motifs is 1. The third-order valence-electron chi connectivity index (χ3n) is 4.41. The van der Waals surface area contributed by atoms with Crippen LogP contribution in [0.5, 0.6) is 0 Å². The summed E-state index contributed by atoms with van der Waals surface area (Å²) in [6.45, 7) is 3.73. The number of nitrogens with zero attached hydrogens (tertiary/aromatic N) is 4. The summed E-state index contributed by atoms with van der Waals surface area (Å²) in [5.41, 5.74) is 2.68. The average Bonchev–Trinajstić information content (AvgIpc) is 3.39. The molecule has 0 aliphatic heterocycles. The summed E-state index contributed by atoms with van der Waals surface area (Å²) in [6.07, 6.45) is 1.57. The molecule has 0 unspecified atom stereocenters. The average molecular weight is 397 g/mol. The van der Waals surface area contributed by atoms with Crippen molar-refractivity contribution in [3.05, 3.63) is 48.2 Å². The number of amides is 1. The molecule has 1 aromatic carbocycles. The number of carbonyl (C=O) groups excluding carboxylic acids is 1. The van der Waals surface area contributed by atoms with Crippen LogP contribution in [0.25, 0.3) is 22.5 Å². The molecule has 0 saturated heterocycles. The van der Waals surface area contributed by atoms with Gasteiger partial charge in [-0.05, 0) is 32.0 Å². The van der Waals surface area contributed by atoms with Gasteiger partial charge in [0.25, 0.3) is 11.1 Å². The second kappa shape index (κ2) is 7.51. The minimum absolute atomic E-state index is 0.135. The molecule has 8 nitrogen and oxygen atoms in total. The Morgan fingerprint density at radius 2 is 2.11 bits per heavy atom. The number of furan rings is 1. The maximum Gasteiger partial charge on any atom is 0.277 e. The van der Waals surface area contributed by atoms with Gasteiger partial charge in [-0.15, -0.1) is 10.2 Å². The molecule has 0 aliphatic carbocycles. The van der Waals surface area contributed by atoms with E-state index in [1.165, 1.54) is 11.8 Å². The molecule has 3 aromatic heterocycles. The van der Waals surface area contributed by atoms with Crippen LogP contribution >= 0.6 is 11.8 Å². The molecule has 1 N–H and O–H groups in total. The Morgan fingerprint density at radius 1 is 1.29 bits per heavy atom. The number of carbonyl (C=O) groups is 1. The largest absolute Gasteiger partial charge is 0.469 e. The summed E-state index contributed by atoms with van der Waals surface area (Å²) in [5, 5.41) is 11.3. The first-order valence-corrected chi connectivity index (χ1v) is 9.73. The van der Waals surface area contributed by atoms with Crippen LogP contribution < -0.4 is 5.32 Å². The Hall–Kier alpha value is -3.07. The Balaban J connectivity index is 1.37. The minimum atomic E-state index is -0.225. The smallest absolute Gasteiger partial charge is 0.277 e. The van der Waals surface area contributed by atoms with Gasteiger partial charge in [-0.1, -0.05) is 23.9 Å². The quantitative estimate of drug-likeness (QED) is 0.497. The number of aromatic nitrogens is 4. The number of rotatable bonds is 6. The summed E-state index contributed by atoms with van der Waals surface area (Å²) in [4.78, 5) is 17.0. The maximum atomic E-state index is 12.3. The van der Waals surface area contributed by atoms with Gasteiger partial charge in [-0.2, -0.15) is 0 Å². The van der Waals surface area contributed by atoms with Crippen LogP contribution in [0.4, 0.5) is 0 Å². The van der Waals surface area contributed by atoms with Crippen molar-refractivity contribution in [2.24, 2.45) is 7.05 Å². The molecule has 1 atom stereocenters. The predicted molar refractivity (Wildman–Crippen MR) is 105 cm³/mol. The molecule has 4 rings (SSSR count). The molecule has 0 spiro atoms. The molecular formula is C19H19N5O3S. The molecule has 0 fully saturated rings. The highest BCUT2D eigenvalue weighted by Crippen LogP contribution is 2.26. The third-order valence-corrected chi connectivity index (χ3v) is 5.23. The lowest BCUT2D eigenvalue weighted by atomic mass is 10.3. The van der Waals surface area contributed by atoms with Gasteiger partial charge < -0.3 is 18.7 Å². The molecule has 28 heavy (non-hydrogen) atoms. The van der Waals surface area contributed by atoms with Gasteiger partial charge >= 0.3 is 0 Å². The van der Waals surface area contributed by atoms with E-state index in [2.05, 4.69) is 20.5 Å². The number of aryl methyl sites for hydroxylation is 2. The number of nitrogens with one attached hydrogen (secondary N) is 1. The highest BCUT2D eigenvalue weighted by Gasteiger charge is 2.18. The van der Waals surface area contributed by atoms with Gasteiger partial charge in [-0.25, -0.2) is 4.98 Å². The van der Waals surface area contributed by atoms with Gasteiger partial charge in [-0.3, -0.25) is 4.79 Å². The predicted octanol–water partition coefficient (Wildman–Crippen LogP) is 3.49. The van der Waals surface area contributed by atoms with Crippen molar-refractivity contribution in [3.8, 4) is 11.5 Å². The van der Waals surface area contributed by atoms with Crippen LogP contribution in [0.15, 0.2) is 50.7 Å². The molecule has 4 aromatic rings. The molecule has 0 aliphatic rings. The lowest BCUT2D eigenvalue weighted by Gasteiger charge is -2.13. The molecule has 144 valence electrons. The Bertz CT molecular complexity index is 1130. The van der Waals surface area contributed by atoms with E-state index in [0.717, 1.165) is 22.4 Å². The van der Waals surface area contributed by atoms with Crippen molar-refractivity contribution in [2.45, 2.75) is 25.1 Å². The van der Waals surface area contributed by atoms with Gasteiger partial charge in [0.2, 0.25) is 5.91 Å². The van der Waals surface area contributed by atoms with E-state index < -0.39 is 0 Å². The number of benzene rings is 1. The van der Waals surface area contributed by atoms with Crippen molar-refractivity contribution < 1.29 is 13.6 Å². The van der Waals surface area contributed by atoms with E-state index in [9.17, 15) is 4.79 Å². The van der Waals surface area contributed by atoms with Crippen molar-refractivity contribution in [3.63, 3.8) is 0 Å². The second-order valence-corrected chi connectivity index (χ2v) is 7.29. The normalized spacial score (nSPS) is 12.4. The fourth-order valence-electron chi connectivity index (χ4n) is 3.01. The topological polar surface area (TPSA) is 99.0 Å². The molecule has 9 heteroatoms. The lowest BCUT2D eigenvalue weighted by Crippen LogP contribution is -2.29. The zero-order valence-corrected chi connectivity index (χ0v) is 16.5. The summed E-state index contributed by atoms with van der Waals surface area (Å²) in [5.74, 6) is 1.91. The highest BCUT2D eigenvalue weighted by molar-refractivity contribution is 7.99. The molecule has 3 heterocycles. The van der Waals surface area contributed by atoms with E-state index in [-0.39, 0.29) is 17.7 Å². The highest BCUT2D eigenvalue weighted by atomic mass is 32.2. The van der Waals surface area contributed by atoms with Crippen LogP contribution in [-0.4, -0.2) is 31.4 Å². The van der Waals surface area contributed by atoms with E-state index in [1.807, 2.05) is 49.7 Å². The van der Waals surface area contributed by atoms with Crippen molar-refractivity contribution in [1.82, 2.24) is 25.1 Å². The SMILES string of the molecule is Cc1occc1-c1nnc(SCC(=O)N[C@@H](C)c2nc3ccccc3n2C)o1. The zero-order valence-electron chi connectivity index (χ0n) is 15.7. The van der Waals surface area contributed by atoms with Crippen LogP contribution in [0, 0.1) is 6.92 Å². The van der Waals surface area contributed by atoms with Crippen molar-refractivity contribution in [1.29, 1.82) is 0 Å². The van der Waals surface area contributed by atoms with E-state index in [1.54, 1.807) is 12.3 Å². The maximum absolute atomic E-state index is 12.3. The van der Waals surface area contributed by atoms with E-state index in [4.69, 9.17) is 8.83 Å². The van der Waals surface area contributed by atoms with Crippen LogP contribution in [0.2, 0.25) is 0 Å². The third kappa shape index (κ3) is 3.53. The summed E-state index contributed by atoms with van der Waals surface area (Å²) < 4.78 is 12.8. The minimum Gasteiger partial charge on any atom is -0.469 e. The fourth-order valence-corrected chi connectivity index (χ4v) is 3.58. The Morgan fingerprint density at radius 3 is 2.86 bits per heavy atom. The summed E-state index contributed by atoms with van der Waals surface area (Å²) in [7, 11) is 1.94. The van der Waals surface area contributed by atoms with Gasteiger partial charge in [0.15, 0.2) is 0 Å². The fraction of sp³-hybridized carbons (Fsp3) is 0.263. The standard InChI is InChI=1S/C19H19N5O3S/c1-11(17-21-14-6-4-5-7-15(14)24(17)3)20-16(25)10-28-19-23-22-18(27-19)13-8-9-26-12(13)2/h4-9,11H,10H2,1-3H3,(H,20,25)/t11-/m0/s1. The van der Waals surface area contributed by atoms with Gasteiger partial charge in [0.05, 0.1) is 34.7 Å². The number of imidazole rings is 1. The molecule has 1 amide bonds. The number of hydrogen-bond donors (Lipinski definition) is 1. The number of thioether (sulfide) groups is 1. The Kier molecular flexibility index (Phi) is 4.91. The molecule has 0 saturated carbocycles. The summed E-state index contributed by atoms with van der Waals surface area (Å²) >= 11 is 1.19. The number of hydrogen-bond acceptors (Lipinski definition) is 7. The van der Waals surface area contributed by atoms with Crippen LogP contribution in [-0.2, 0) is 11.8 Å².